The lowest BCUT2D eigenvalue weighted by molar-refractivity contribution is -0.388. The van der Waals surface area contributed by atoms with Gasteiger partial charge in [0.05, 0.1) is 12.0 Å². The lowest BCUT2D eigenvalue weighted by atomic mass is 10.2. The minimum absolute atomic E-state index is 0.326. The van der Waals surface area contributed by atoms with Gasteiger partial charge < -0.3 is 4.74 Å². The average molecular weight is 222 g/mol. The summed E-state index contributed by atoms with van der Waals surface area (Å²) in [4.78, 5) is 12.5. The zero-order valence-electron chi connectivity index (χ0n) is 7.41. The van der Waals surface area contributed by atoms with E-state index in [1.807, 2.05) is 0 Å². The molecule has 0 aliphatic heterocycles. The van der Waals surface area contributed by atoms with E-state index >= 15 is 0 Å². The molecule has 0 spiro atoms. The largest absolute Gasteiger partial charge is 0.481 e. The van der Waals surface area contributed by atoms with E-state index in [2.05, 4.69) is 9.72 Å². The number of nitro groups is 1. The number of halogens is 3. The molecule has 82 valence electrons. The third-order valence-electron chi connectivity index (χ3n) is 1.57. The van der Waals surface area contributed by atoms with Gasteiger partial charge in [-0.3, -0.25) is 10.1 Å². The topological polar surface area (TPSA) is 65.3 Å². The number of alkyl halides is 3. The van der Waals surface area contributed by atoms with E-state index in [4.69, 9.17) is 0 Å². The highest BCUT2D eigenvalue weighted by Crippen LogP contribution is 2.36. The zero-order chi connectivity index (χ0) is 11.6. The molecule has 0 N–H and O–H groups in total. The fourth-order valence-corrected chi connectivity index (χ4v) is 0.913. The number of nitrogens with zero attached hydrogens (tertiary/aromatic N) is 2. The number of pyridine rings is 1. The van der Waals surface area contributed by atoms with Crippen LogP contribution < -0.4 is 4.74 Å². The van der Waals surface area contributed by atoms with Crippen molar-refractivity contribution in [3.8, 4) is 5.88 Å². The molecule has 0 aliphatic carbocycles. The second kappa shape index (κ2) is 3.71. The summed E-state index contributed by atoms with van der Waals surface area (Å²) in [5, 5.41) is 10.3. The highest BCUT2D eigenvalue weighted by molar-refractivity contribution is 5.42. The quantitative estimate of drug-likeness (QED) is 0.567. The fourth-order valence-electron chi connectivity index (χ4n) is 0.913. The lowest BCUT2D eigenvalue weighted by Crippen LogP contribution is -2.09. The molecule has 0 fully saturated rings. The average Bonchev–Trinajstić information content (AvgIpc) is 2.15. The van der Waals surface area contributed by atoms with Crippen LogP contribution in [-0.4, -0.2) is 17.0 Å². The van der Waals surface area contributed by atoms with Gasteiger partial charge in [-0.2, -0.15) is 13.2 Å². The van der Waals surface area contributed by atoms with Crippen molar-refractivity contribution in [1.82, 2.24) is 4.98 Å². The molecule has 0 amide bonds. The first kappa shape index (κ1) is 11.2. The maximum absolute atomic E-state index is 12.3. The number of hydrogen-bond acceptors (Lipinski definition) is 4. The molecule has 0 saturated heterocycles. The van der Waals surface area contributed by atoms with Crippen molar-refractivity contribution in [2.24, 2.45) is 0 Å². The molecule has 0 atom stereocenters. The first-order valence-corrected chi connectivity index (χ1v) is 3.62. The number of ether oxygens (including phenoxy) is 1. The molecule has 0 saturated carbocycles. The molecule has 1 aromatic rings. The van der Waals surface area contributed by atoms with Gasteiger partial charge in [-0.05, 0) is 0 Å². The Balaban J connectivity index is 3.36. The molecule has 1 heterocycles. The van der Waals surface area contributed by atoms with Gasteiger partial charge in [-0.1, -0.05) is 0 Å². The van der Waals surface area contributed by atoms with E-state index in [1.165, 1.54) is 0 Å². The van der Waals surface area contributed by atoms with Crippen molar-refractivity contribution in [1.29, 1.82) is 0 Å². The first-order chi connectivity index (χ1) is 6.86. The van der Waals surface area contributed by atoms with Gasteiger partial charge in [0.2, 0.25) is 5.88 Å². The number of methoxy groups -OCH3 is 1. The van der Waals surface area contributed by atoms with E-state index < -0.39 is 22.4 Å². The normalized spacial score (nSPS) is 11.2. The van der Waals surface area contributed by atoms with Gasteiger partial charge in [0.1, 0.15) is 11.8 Å². The van der Waals surface area contributed by atoms with Crippen molar-refractivity contribution >= 4 is 5.69 Å². The fraction of sp³-hybridized carbons (Fsp3) is 0.286. The van der Waals surface area contributed by atoms with Crippen LogP contribution in [0.4, 0.5) is 18.9 Å². The smallest absolute Gasteiger partial charge is 0.423 e. The van der Waals surface area contributed by atoms with Crippen LogP contribution in [0, 0.1) is 10.1 Å². The van der Waals surface area contributed by atoms with Crippen LogP contribution in [0.25, 0.3) is 0 Å². The Hall–Kier alpha value is -1.86. The summed E-state index contributed by atoms with van der Waals surface area (Å²) in [6.45, 7) is 0. The molecule has 15 heavy (non-hydrogen) atoms. The highest BCUT2D eigenvalue weighted by atomic mass is 19.4. The first-order valence-electron chi connectivity index (χ1n) is 3.62. The van der Waals surface area contributed by atoms with Gasteiger partial charge in [-0.25, -0.2) is 4.98 Å². The molecule has 0 bridgehead atoms. The van der Waals surface area contributed by atoms with Crippen LogP contribution in [0.15, 0.2) is 12.3 Å². The molecule has 5 nitrogen and oxygen atoms in total. The van der Waals surface area contributed by atoms with E-state index in [-0.39, 0.29) is 5.88 Å². The van der Waals surface area contributed by atoms with E-state index in [1.54, 1.807) is 0 Å². The number of hydrogen-bond donors (Lipinski definition) is 0. The van der Waals surface area contributed by atoms with Crippen molar-refractivity contribution in [2.45, 2.75) is 6.18 Å². The predicted octanol–water partition coefficient (Wildman–Crippen LogP) is 2.02. The Labute approximate surface area is 81.6 Å². The number of rotatable bonds is 2. The maximum atomic E-state index is 12.3. The molecule has 1 aromatic heterocycles. The molecule has 0 aromatic carbocycles. The van der Waals surface area contributed by atoms with Crippen LogP contribution in [0.2, 0.25) is 0 Å². The molecule has 8 heteroatoms. The monoisotopic (exact) mass is 222 g/mol. The molecule has 0 unspecified atom stereocenters. The molecule has 0 aliphatic rings. The van der Waals surface area contributed by atoms with Gasteiger partial charge >= 0.3 is 6.18 Å². The third kappa shape index (κ3) is 2.33. The molecular weight excluding hydrogens is 217 g/mol. The van der Waals surface area contributed by atoms with Crippen LogP contribution in [-0.2, 0) is 6.18 Å². The van der Waals surface area contributed by atoms with Gasteiger partial charge in [-0.15, -0.1) is 0 Å². The second-order valence-electron chi connectivity index (χ2n) is 2.50. The second-order valence-corrected chi connectivity index (χ2v) is 2.50. The van der Waals surface area contributed by atoms with Crippen molar-refractivity contribution in [3.05, 3.63) is 27.9 Å². The van der Waals surface area contributed by atoms with E-state index in [9.17, 15) is 23.3 Å². The van der Waals surface area contributed by atoms with Crippen molar-refractivity contribution < 1.29 is 22.8 Å². The Morgan fingerprint density at radius 3 is 2.53 bits per heavy atom. The summed E-state index contributed by atoms with van der Waals surface area (Å²) >= 11 is 0. The summed E-state index contributed by atoms with van der Waals surface area (Å²) in [7, 11) is 1.12. The van der Waals surface area contributed by atoms with Crippen molar-refractivity contribution in [2.75, 3.05) is 7.11 Å². The Morgan fingerprint density at radius 2 is 2.13 bits per heavy atom. The molecule has 0 radical (unpaired) electrons. The standard InChI is InChI=1S/C7H5F3N2O3/c1-15-6-2-4(7(8,9)10)5(3-11-6)12(13)14/h2-3H,1H3. The van der Waals surface area contributed by atoms with Gasteiger partial charge in [0.15, 0.2) is 0 Å². The maximum Gasteiger partial charge on any atom is 0.423 e. The summed E-state index contributed by atoms with van der Waals surface area (Å²) in [6, 6.07) is 0.484. The van der Waals surface area contributed by atoms with Crippen molar-refractivity contribution in [3.63, 3.8) is 0 Å². The Kier molecular flexibility index (Phi) is 2.78. The van der Waals surface area contributed by atoms with E-state index in [0.717, 1.165) is 7.11 Å². The summed E-state index contributed by atoms with van der Waals surface area (Å²) < 4.78 is 41.5. The van der Waals surface area contributed by atoms with Gasteiger partial charge in [0.25, 0.3) is 5.69 Å². The van der Waals surface area contributed by atoms with Crippen LogP contribution >= 0.6 is 0 Å². The third-order valence-corrected chi connectivity index (χ3v) is 1.57. The molecular formula is C7H5F3N2O3. The van der Waals surface area contributed by atoms with Crippen LogP contribution in [0.1, 0.15) is 5.56 Å². The number of aromatic nitrogens is 1. The van der Waals surface area contributed by atoms with E-state index in [0.29, 0.717) is 12.3 Å². The van der Waals surface area contributed by atoms with Gasteiger partial charge in [0, 0.05) is 6.07 Å². The summed E-state index contributed by atoms with van der Waals surface area (Å²) in [5.41, 5.74) is -2.47. The SMILES string of the molecule is COc1cc(C(F)(F)F)c([N+](=O)[O-])cn1. The minimum atomic E-state index is -4.81. The minimum Gasteiger partial charge on any atom is -0.481 e. The summed E-state index contributed by atoms with van der Waals surface area (Å²) in [6.07, 6.45) is -4.29. The zero-order valence-corrected chi connectivity index (χ0v) is 7.41. The van der Waals surface area contributed by atoms with Crippen LogP contribution in [0.5, 0.6) is 5.88 Å². The molecule has 1 rings (SSSR count). The Morgan fingerprint density at radius 1 is 1.53 bits per heavy atom. The summed E-state index contributed by atoms with van der Waals surface area (Å²) in [5.74, 6) is -0.326. The highest BCUT2D eigenvalue weighted by Gasteiger charge is 2.39. The Bertz CT molecular complexity index is 392. The lowest BCUT2D eigenvalue weighted by Gasteiger charge is -2.07. The predicted molar refractivity (Wildman–Crippen MR) is 42.4 cm³/mol. The van der Waals surface area contributed by atoms with Crippen LogP contribution in [0.3, 0.4) is 0 Å².